The Morgan fingerprint density at radius 3 is 2.47 bits per heavy atom. The summed E-state index contributed by atoms with van der Waals surface area (Å²) in [6.07, 6.45) is 1.05. The van der Waals surface area contributed by atoms with Gasteiger partial charge in [0.25, 0.3) is 0 Å². The van der Waals surface area contributed by atoms with E-state index in [-0.39, 0.29) is 11.6 Å². The molecule has 1 rings (SSSR count). The highest BCUT2D eigenvalue weighted by Gasteiger charge is 2.04. The summed E-state index contributed by atoms with van der Waals surface area (Å²) in [6.45, 7) is 3.82. The highest BCUT2D eigenvalue weighted by Crippen LogP contribution is 2.08. The van der Waals surface area contributed by atoms with Crippen molar-refractivity contribution in [3.63, 3.8) is 0 Å². The first-order chi connectivity index (χ1) is 8.00. The Bertz CT molecular complexity index is 412. The quantitative estimate of drug-likeness (QED) is 0.495. The minimum atomic E-state index is -0.668. The monoisotopic (exact) mass is 257 g/mol. The van der Waals surface area contributed by atoms with Crippen molar-refractivity contribution in [2.24, 2.45) is 5.10 Å². The van der Waals surface area contributed by atoms with Crippen LogP contribution in [0, 0.1) is 11.6 Å². The molecular formula is C11H13F2N3S. The SMILES string of the molecule is CC(C)NC(=S)N/N=C\c1c(F)cccc1F. The second kappa shape index (κ2) is 6.24. The van der Waals surface area contributed by atoms with E-state index in [0.717, 1.165) is 18.3 Å². The number of nitrogens with zero attached hydrogens (tertiary/aromatic N) is 1. The van der Waals surface area contributed by atoms with Crippen LogP contribution in [-0.4, -0.2) is 17.4 Å². The molecule has 0 heterocycles. The lowest BCUT2D eigenvalue weighted by Crippen LogP contribution is -2.36. The minimum absolute atomic E-state index is 0.162. The van der Waals surface area contributed by atoms with Crippen molar-refractivity contribution in [2.45, 2.75) is 19.9 Å². The van der Waals surface area contributed by atoms with Crippen LogP contribution in [0.25, 0.3) is 0 Å². The van der Waals surface area contributed by atoms with E-state index in [9.17, 15) is 8.78 Å². The van der Waals surface area contributed by atoms with E-state index >= 15 is 0 Å². The van der Waals surface area contributed by atoms with Gasteiger partial charge in [0.1, 0.15) is 11.6 Å². The van der Waals surface area contributed by atoms with Gasteiger partial charge in [0.05, 0.1) is 11.8 Å². The van der Waals surface area contributed by atoms with Crippen molar-refractivity contribution >= 4 is 23.5 Å². The molecule has 1 aromatic carbocycles. The molecule has 0 fully saturated rings. The van der Waals surface area contributed by atoms with Crippen LogP contribution >= 0.6 is 12.2 Å². The van der Waals surface area contributed by atoms with Gasteiger partial charge in [0.15, 0.2) is 5.11 Å². The Labute approximate surface area is 104 Å². The maximum atomic E-state index is 13.2. The number of thiocarbonyl (C=S) groups is 1. The van der Waals surface area contributed by atoms with Crippen molar-refractivity contribution < 1.29 is 8.78 Å². The van der Waals surface area contributed by atoms with Crippen LogP contribution in [0.2, 0.25) is 0 Å². The zero-order valence-electron chi connectivity index (χ0n) is 9.50. The van der Waals surface area contributed by atoms with Crippen LogP contribution in [0.5, 0.6) is 0 Å². The van der Waals surface area contributed by atoms with Crippen molar-refractivity contribution in [1.82, 2.24) is 10.7 Å². The molecule has 0 atom stereocenters. The Morgan fingerprint density at radius 1 is 1.35 bits per heavy atom. The van der Waals surface area contributed by atoms with Crippen LogP contribution in [0.4, 0.5) is 8.78 Å². The van der Waals surface area contributed by atoms with Gasteiger partial charge < -0.3 is 5.32 Å². The molecular weight excluding hydrogens is 244 g/mol. The summed E-state index contributed by atoms with van der Waals surface area (Å²) in [6, 6.07) is 3.78. The lowest BCUT2D eigenvalue weighted by atomic mass is 10.2. The Kier molecular flexibility index (Phi) is 4.96. The van der Waals surface area contributed by atoms with Gasteiger partial charge >= 0.3 is 0 Å². The molecule has 92 valence electrons. The summed E-state index contributed by atoms with van der Waals surface area (Å²) in [7, 11) is 0. The smallest absolute Gasteiger partial charge is 0.187 e. The fourth-order valence-electron chi connectivity index (χ4n) is 1.08. The number of hydrogen-bond acceptors (Lipinski definition) is 2. The van der Waals surface area contributed by atoms with Gasteiger partial charge in [-0.1, -0.05) is 6.07 Å². The van der Waals surface area contributed by atoms with E-state index in [0.29, 0.717) is 5.11 Å². The van der Waals surface area contributed by atoms with Gasteiger partial charge in [0.2, 0.25) is 0 Å². The first-order valence-electron chi connectivity index (χ1n) is 5.04. The van der Waals surface area contributed by atoms with E-state index in [2.05, 4.69) is 15.8 Å². The van der Waals surface area contributed by atoms with Crippen LogP contribution in [0.3, 0.4) is 0 Å². The molecule has 6 heteroatoms. The van der Waals surface area contributed by atoms with Crippen molar-refractivity contribution in [2.75, 3.05) is 0 Å². The second-order valence-corrected chi connectivity index (χ2v) is 4.04. The number of nitrogens with one attached hydrogen (secondary N) is 2. The molecule has 0 unspecified atom stereocenters. The van der Waals surface area contributed by atoms with E-state index in [4.69, 9.17) is 12.2 Å². The molecule has 0 aliphatic rings. The number of rotatable bonds is 3. The van der Waals surface area contributed by atoms with Crippen LogP contribution in [-0.2, 0) is 0 Å². The third kappa shape index (κ3) is 4.44. The normalized spacial score (nSPS) is 10.9. The highest BCUT2D eigenvalue weighted by atomic mass is 32.1. The van der Waals surface area contributed by atoms with Gasteiger partial charge in [-0.05, 0) is 38.2 Å². The molecule has 0 radical (unpaired) electrons. The fraction of sp³-hybridized carbons (Fsp3) is 0.273. The molecule has 3 nitrogen and oxygen atoms in total. The standard InChI is InChI=1S/C11H13F2N3S/c1-7(2)15-11(17)16-14-6-8-9(12)4-3-5-10(8)13/h3-7H,1-2H3,(H2,15,16,17)/b14-6-. The summed E-state index contributed by atoms with van der Waals surface area (Å²) >= 11 is 4.89. The van der Waals surface area contributed by atoms with Crippen molar-refractivity contribution in [1.29, 1.82) is 0 Å². The number of hydrogen-bond donors (Lipinski definition) is 2. The zero-order valence-corrected chi connectivity index (χ0v) is 10.3. The largest absolute Gasteiger partial charge is 0.359 e. The van der Waals surface area contributed by atoms with Gasteiger partial charge in [-0.3, -0.25) is 5.43 Å². The average Bonchev–Trinajstić information content (AvgIpc) is 2.21. The predicted molar refractivity (Wildman–Crippen MR) is 68.0 cm³/mol. The predicted octanol–water partition coefficient (Wildman–Crippen LogP) is 2.17. The van der Waals surface area contributed by atoms with Gasteiger partial charge in [0, 0.05) is 6.04 Å². The van der Waals surface area contributed by atoms with Crippen molar-refractivity contribution in [3.05, 3.63) is 35.4 Å². The van der Waals surface area contributed by atoms with Gasteiger partial charge in [-0.2, -0.15) is 5.10 Å². The molecule has 0 amide bonds. The van der Waals surface area contributed by atoms with Crippen LogP contribution < -0.4 is 10.7 Å². The summed E-state index contributed by atoms with van der Waals surface area (Å²) in [4.78, 5) is 0. The van der Waals surface area contributed by atoms with E-state index < -0.39 is 11.6 Å². The number of hydrazone groups is 1. The average molecular weight is 257 g/mol. The van der Waals surface area contributed by atoms with Gasteiger partial charge in [-0.25, -0.2) is 8.78 Å². The van der Waals surface area contributed by atoms with Crippen LogP contribution in [0.15, 0.2) is 23.3 Å². The third-order valence-electron chi connectivity index (χ3n) is 1.78. The maximum absolute atomic E-state index is 13.2. The first-order valence-corrected chi connectivity index (χ1v) is 5.45. The Hall–Kier alpha value is -1.56. The summed E-state index contributed by atoms with van der Waals surface area (Å²) in [5.41, 5.74) is 2.27. The molecule has 0 aromatic heterocycles. The third-order valence-corrected chi connectivity index (χ3v) is 1.99. The van der Waals surface area contributed by atoms with Gasteiger partial charge in [-0.15, -0.1) is 0 Å². The van der Waals surface area contributed by atoms with E-state index in [1.807, 2.05) is 13.8 Å². The second-order valence-electron chi connectivity index (χ2n) is 3.63. The number of halogens is 2. The lowest BCUT2D eigenvalue weighted by Gasteiger charge is -2.09. The summed E-state index contributed by atoms with van der Waals surface area (Å²) in [5, 5.41) is 6.83. The highest BCUT2D eigenvalue weighted by molar-refractivity contribution is 7.80. The van der Waals surface area contributed by atoms with E-state index in [1.54, 1.807) is 0 Å². The molecule has 0 aliphatic heterocycles. The molecule has 0 saturated carbocycles. The fourth-order valence-corrected chi connectivity index (χ4v) is 1.37. The maximum Gasteiger partial charge on any atom is 0.187 e. The van der Waals surface area contributed by atoms with Crippen LogP contribution in [0.1, 0.15) is 19.4 Å². The zero-order chi connectivity index (χ0) is 12.8. The molecule has 17 heavy (non-hydrogen) atoms. The molecule has 0 aliphatic carbocycles. The molecule has 0 spiro atoms. The first kappa shape index (κ1) is 13.5. The minimum Gasteiger partial charge on any atom is -0.359 e. The van der Waals surface area contributed by atoms with E-state index in [1.165, 1.54) is 6.07 Å². The molecule has 0 saturated heterocycles. The number of benzene rings is 1. The summed E-state index contributed by atoms with van der Waals surface area (Å²) < 4.78 is 26.4. The lowest BCUT2D eigenvalue weighted by molar-refractivity contribution is 0.580. The molecule has 2 N–H and O–H groups in total. The Morgan fingerprint density at radius 2 is 1.94 bits per heavy atom. The molecule has 1 aromatic rings. The molecule has 0 bridgehead atoms. The Balaban J connectivity index is 2.63. The summed E-state index contributed by atoms with van der Waals surface area (Å²) in [5.74, 6) is -1.34. The topological polar surface area (TPSA) is 36.4 Å². The van der Waals surface area contributed by atoms with Crippen molar-refractivity contribution in [3.8, 4) is 0 Å².